The topological polar surface area (TPSA) is 180 Å². The van der Waals surface area contributed by atoms with Crippen LogP contribution in [0, 0.1) is 11.3 Å². The number of rotatable bonds is 18. The third-order valence-electron chi connectivity index (χ3n) is 10.4. The van der Waals surface area contributed by atoms with Gasteiger partial charge in [0, 0.05) is 44.1 Å². The van der Waals surface area contributed by atoms with Gasteiger partial charge in [-0.25, -0.2) is 14.6 Å². The molecule has 5 amide bonds. The van der Waals surface area contributed by atoms with Crippen molar-refractivity contribution < 1.29 is 29.4 Å². The molecule has 5 atom stereocenters. The molecule has 0 spiro atoms. The molecule has 2 aromatic carbocycles. The van der Waals surface area contributed by atoms with Gasteiger partial charge in [-0.05, 0) is 53.1 Å². The van der Waals surface area contributed by atoms with Gasteiger partial charge < -0.3 is 30.6 Å². The van der Waals surface area contributed by atoms with Gasteiger partial charge in [0.05, 0.1) is 30.1 Å². The number of pyridine rings is 2. The summed E-state index contributed by atoms with van der Waals surface area (Å²) < 4.78 is 0. The van der Waals surface area contributed by atoms with Crippen molar-refractivity contribution in [2.75, 3.05) is 19.6 Å². The fraction of sp³-hybridized carbons (Fsp3) is 0.409. The third kappa shape index (κ3) is 11.8. The number of aliphatic hydroxyl groups excluding tert-OH is 1. The number of carboxylic acid groups (broad SMARTS) is 1. The average Bonchev–Trinajstić information content (AvgIpc) is 3.55. The van der Waals surface area contributed by atoms with E-state index in [1.165, 1.54) is 0 Å². The molecule has 0 bridgehead atoms. The first-order valence-corrected chi connectivity index (χ1v) is 19.8. The number of aliphatic hydroxyl groups is 1. The van der Waals surface area contributed by atoms with Crippen LogP contribution in [0.2, 0.25) is 0 Å². The lowest BCUT2D eigenvalue weighted by atomic mass is 9.86. The highest BCUT2D eigenvalue weighted by Gasteiger charge is 2.41. The molecule has 2 aromatic heterocycles. The van der Waals surface area contributed by atoms with Crippen molar-refractivity contribution in [2.24, 2.45) is 11.3 Å². The predicted molar refractivity (Wildman–Crippen MR) is 221 cm³/mol. The van der Waals surface area contributed by atoms with E-state index in [1.54, 1.807) is 48.0 Å². The summed E-state index contributed by atoms with van der Waals surface area (Å²) in [4.78, 5) is 65.9. The molecule has 0 unspecified atom stereocenters. The molecule has 1 aliphatic rings. The average molecular weight is 793 g/mol. The number of hydrogen-bond acceptors (Lipinski definition) is 8. The molecule has 5 N–H and O–H groups in total. The monoisotopic (exact) mass is 792 g/mol. The fourth-order valence-electron chi connectivity index (χ4n) is 7.10. The van der Waals surface area contributed by atoms with Crippen molar-refractivity contribution in [3.63, 3.8) is 0 Å². The molecule has 4 aromatic rings. The summed E-state index contributed by atoms with van der Waals surface area (Å²) in [7, 11) is 0. The van der Waals surface area contributed by atoms with Crippen molar-refractivity contribution in [1.29, 1.82) is 0 Å². The first kappa shape index (κ1) is 43.3. The molecule has 3 heterocycles. The van der Waals surface area contributed by atoms with E-state index in [1.807, 2.05) is 105 Å². The van der Waals surface area contributed by atoms with Crippen molar-refractivity contribution in [2.45, 2.75) is 84.8 Å². The minimum Gasteiger partial charge on any atom is -0.465 e. The highest BCUT2D eigenvalue weighted by Crippen LogP contribution is 2.24. The summed E-state index contributed by atoms with van der Waals surface area (Å²) >= 11 is 0. The molecule has 5 rings (SSSR count). The van der Waals surface area contributed by atoms with E-state index in [-0.39, 0.29) is 37.4 Å². The number of nitrogens with zero attached hydrogens (tertiary/aromatic N) is 5. The number of amides is 5. The molecule has 308 valence electrons. The number of nitrogens with one attached hydrogen (secondary N) is 3. The van der Waals surface area contributed by atoms with Gasteiger partial charge in [0.1, 0.15) is 12.1 Å². The van der Waals surface area contributed by atoms with Crippen LogP contribution in [-0.4, -0.2) is 103 Å². The summed E-state index contributed by atoms with van der Waals surface area (Å²) in [5.74, 6) is -1.19. The second kappa shape index (κ2) is 20.0. The van der Waals surface area contributed by atoms with Crippen molar-refractivity contribution in [3.05, 3.63) is 120 Å². The second-order valence-corrected chi connectivity index (χ2v) is 15.9. The summed E-state index contributed by atoms with van der Waals surface area (Å²) in [6, 6.07) is 25.3. The van der Waals surface area contributed by atoms with Gasteiger partial charge in [-0.15, -0.1) is 0 Å². The number of hydrazine groups is 1. The lowest BCUT2D eigenvalue weighted by molar-refractivity contribution is -0.132. The summed E-state index contributed by atoms with van der Waals surface area (Å²) in [5.41, 5.74) is 6.20. The molecular weight excluding hydrogens is 737 g/mol. The van der Waals surface area contributed by atoms with E-state index in [2.05, 4.69) is 26.0 Å². The second-order valence-electron chi connectivity index (χ2n) is 15.9. The normalized spacial score (nSPS) is 15.7. The lowest BCUT2D eigenvalue weighted by Gasteiger charge is -2.36. The molecule has 14 heteroatoms. The van der Waals surface area contributed by atoms with Crippen molar-refractivity contribution in [1.82, 2.24) is 40.8 Å². The molecule has 1 aliphatic heterocycles. The maximum absolute atomic E-state index is 14.5. The highest BCUT2D eigenvalue weighted by atomic mass is 16.4. The quantitative estimate of drug-likeness (QED) is 0.0858. The van der Waals surface area contributed by atoms with Gasteiger partial charge in [0.15, 0.2) is 0 Å². The third-order valence-corrected chi connectivity index (χ3v) is 10.4. The van der Waals surface area contributed by atoms with Crippen molar-refractivity contribution in [3.8, 4) is 11.3 Å². The minimum atomic E-state index is -1.34. The largest absolute Gasteiger partial charge is 0.465 e. The van der Waals surface area contributed by atoms with Gasteiger partial charge in [-0.3, -0.25) is 25.0 Å². The Hall–Kier alpha value is -5.86. The standard InChI is InChI=1S/C44H56N8O6/c1-6-30(2)38(52-25-24-50(43(52)58)28-34-16-10-12-22-45-34)40(54)47-36(26-31-14-8-7-9-15-31)37(53)29-51(49-41(55)39(44(3,4)5)48-42(56)57)27-32-18-20-33(21-19-32)35-17-11-13-23-46-35/h7-23,30,36-39,48,53H,6,24-29H2,1-5H3,(H,47,54)(H,49,55)(H,56,57)/t30-,36-,37-,38-,39+/m0/s1. The first-order valence-electron chi connectivity index (χ1n) is 19.8. The van der Waals surface area contributed by atoms with Crippen molar-refractivity contribution >= 4 is 23.9 Å². The van der Waals surface area contributed by atoms with Crippen LogP contribution in [-0.2, 0) is 29.1 Å². The van der Waals surface area contributed by atoms with E-state index < -0.39 is 41.6 Å². The molecule has 0 radical (unpaired) electrons. The Balaban J connectivity index is 1.41. The van der Waals surface area contributed by atoms with E-state index in [0.717, 1.165) is 28.1 Å². The first-order chi connectivity index (χ1) is 27.7. The molecule has 0 aliphatic carbocycles. The predicted octanol–water partition coefficient (Wildman–Crippen LogP) is 5.10. The number of urea groups is 1. The van der Waals surface area contributed by atoms with Crippen LogP contribution in [0.1, 0.15) is 57.9 Å². The van der Waals surface area contributed by atoms with E-state index in [9.17, 15) is 29.4 Å². The maximum Gasteiger partial charge on any atom is 0.405 e. The zero-order valence-corrected chi connectivity index (χ0v) is 33.9. The maximum atomic E-state index is 14.5. The van der Waals surface area contributed by atoms with Crippen LogP contribution in [0.3, 0.4) is 0 Å². The number of benzene rings is 2. The Kier molecular flexibility index (Phi) is 14.9. The Bertz CT molecular complexity index is 1950. The highest BCUT2D eigenvalue weighted by molar-refractivity contribution is 5.88. The molecular formula is C44H56N8O6. The van der Waals surface area contributed by atoms with Crippen LogP contribution in [0.15, 0.2) is 103 Å². The summed E-state index contributed by atoms with van der Waals surface area (Å²) in [6.45, 7) is 10.3. The molecule has 14 nitrogen and oxygen atoms in total. The van der Waals surface area contributed by atoms with Crippen LogP contribution in [0.25, 0.3) is 11.3 Å². The summed E-state index contributed by atoms with van der Waals surface area (Å²) in [5, 5.41) is 28.7. The minimum absolute atomic E-state index is 0.135. The zero-order valence-electron chi connectivity index (χ0n) is 33.9. The molecule has 1 saturated heterocycles. The van der Waals surface area contributed by atoms with E-state index >= 15 is 0 Å². The molecule has 1 fully saturated rings. The SMILES string of the molecule is CC[C@H](C)[C@@H](C(=O)N[C@@H](Cc1ccccc1)[C@@H](O)CN(Cc1ccc(-c2ccccn2)cc1)NC(=O)[C@@H](NC(=O)O)C(C)(C)C)N1CCN(Cc2ccccn2)C1=O. The molecule has 0 saturated carbocycles. The van der Waals surface area contributed by atoms with Gasteiger partial charge in [-0.2, -0.15) is 0 Å². The van der Waals surface area contributed by atoms with Crippen LogP contribution in [0.5, 0.6) is 0 Å². The molecule has 58 heavy (non-hydrogen) atoms. The fourth-order valence-corrected chi connectivity index (χ4v) is 7.10. The van der Waals surface area contributed by atoms with Gasteiger partial charge in [0.2, 0.25) is 5.91 Å². The van der Waals surface area contributed by atoms with Crippen LogP contribution < -0.4 is 16.1 Å². The summed E-state index contributed by atoms with van der Waals surface area (Å²) in [6.07, 6.45) is 1.72. The van der Waals surface area contributed by atoms with Gasteiger partial charge in [-0.1, -0.05) is 108 Å². The number of carbonyl (C=O) groups is 4. The Morgan fingerprint density at radius 2 is 1.52 bits per heavy atom. The smallest absolute Gasteiger partial charge is 0.405 e. The number of carbonyl (C=O) groups excluding carboxylic acids is 3. The number of hydrogen-bond donors (Lipinski definition) is 5. The van der Waals surface area contributed by atoms with E-state index in [0.29, 0.717) is 26.1 Å². The van der Waals surface area contributed by atoms with Gasteiger partial charge in [0.25, 0.3) is 5.91 Å². The lowest BCUT2D eigenvalue weighted by Crippen LogP contribution is -2.60. The zero-order chi connectivity index (χ0) is 41.8. The van der Waals surface area contributed by atoms with Crippen LogP contribution in [0.4, 0.5) is 9.59 Å². The Morgan fingerprint density at radius 1 is 0.845 bits per heavy atom. The Morgan fingerprint density at radius 3 is 2.12 bits per heavy atom. The van der Waals surface area contributed by atoms with E-state index in [4.69, 9.17) is 0 Å². The number of aromatic nitrogens is 2. The van der Waals surface area contributed by atoms with Crippen LogP contribution >= 0.6 is 0 Å². The van der Waals surface area contributed by atoms with Gasteiger partial charge >= 0.3 is 12.1 Å². The Labute approximate surface area is 340 Å².